The first-order chi connectivity index (χ1) is 8.22. The third-order valence-electron chi connectivity index (χ3n) is 2.75. The van der Waals surface area contributed by atoms with Crippen LogP contribution in [0.2, 0.25) is 0 Å². The minimum absolute atomic E-state index is 0.583. The standard InChI is InChI=1S/C13H16F2N2/c1-2-6-16-9-10-3-4-12-11(8-10)5-7-17(12)13(14)15/h3-5,7-8,13,16H,2,6,9H2,1H3. The number of benzene rings is 1. The van der Waals surface area contributed by atoms with E-state index in [-0.39, 0.29) is 0 Å². The minimum atomic E-state index is -2.48. The van der Waals surface area contributed by atoms with Crippen molar-refractivity contribution in [2.45, 2.75) is 26.4 Å². The van der Waals surface area contributed by atoms with E-state index in [0.29, 0.717) is 5.52 Å². The van der Waals surface area contributed by atoms with E-state index in [9.17, 15) is 8.78 Å². The van der Waals surface area contributed by atoms with E-state index < -0.39 is 6.55 Å². The highest BCUT2D eigenvalue weighted by Gasteiger charge is 2.09. The summed E-state index contributed by atoms with van der Waals surface area (Å²) in [5.41, 5.74) is 1.71. The van der Waals surface area contributed by atoms with Crippen LogP contribution >= 0.6 is 0 Å². The number of nitrogens with one attached hydrogen (secondary N) is 1. The molecule has 2 rings (SSSR count). The predicted molar refractivity (Wildman–Crippen MR) is 65.2 cm³/mol. The van der Waals surface area contributed by atoms with E-state index in [2.05, 4.69) is 12.2 Å². The maximum atomic E-state index is 12.6. The zero-order valence-corrected chi connectivity index (χ0v) is 9.79. The van der Waals surface area contributed by atoms with Gasteiger partial charge < -0.3 is 5.32 Å². The largest absolute Gasteiger partial charge is 0.319 e. The molecule has 2 nitrogen and oxygen atoms in total. The van der Waals surface area contributed by atoms with Crippen LogP contribution in [0.25, 0.3) is 10.9 Å². The molecule has 0 aliphatic rings. The van der Waals surface area contributed by atoms with Gasteiger partial charge in [0.15, 0.2) is 0 Å². The average Bonchev–Trinajstić information content (AvgIpc) is 2.72. The van der Waals surface area contributed by atoms with Gasteiger partial charge in [0.25, 0.3) is 0 Å². The smallest absolute Gasteiger partial charge is 0.313 e. The summed E-state index contributed by atoms with van der Waals surface area (Å²) in [7, 11) is 0. The first-order valence-corrected chi connectivity index (χ1v) is 5.80. The molecule has 2 aromatic rings. The fourth-order valence-electron chi connectivity index (χ4n) is 1.90. The highest BCUT2D eigenvalue weighted by atomic mass is 19.3. The van der Waals surface area contributed by atoms with Gasteiger partial charge in [0.2, 0.25) is 0 Å². The first kappa shape index (κ1) is 12.0. The van der Waals surface area contributed by atoms with Crippen LogP contribution in [0.1, 0.15) is 25.5 Å². The molecule has 0 radical (unpaired) electrons. The van der Waals surface area contributed by atoms with Crippen molar-refractivity contribution < 1.29 is 8.78 Å². The Labute approximate surface area is 99.2 Å². The van der Waals surface area contributed by atoms with Gasteiger partial charge in [0.05, 0.1) is 5.52 Å². The van der Waals surface area contributed by atoms with Gasteiger partial charge in [-0.1, -0.05) is 13.0 Å². The molecular formula is C13H16F2N2. The van der Waals surface area contributed by atoms with Gasteiger partial charge in [-0.05, 0) is 36.7 Å². The Kier molecular flexibility index (Phi) is 3.74. The summed E-state index contributed by atoms with van der Waals surface area (Å²) < 4.78 is 26.2. The van der Waals surface area contributed by atoms with Gasteiger partial charge in [0, 0.05) is 18.1 Å². The Balaban J connectivity index is 2.20. The minimum Gasteiger partial charge on any atom is -0.313 e. The van der Waals surface area contributed by atoms with Crippen LogP contribution in [0.3, 0.4) is 0 Å². The second-order valence-corrected chi connectivity index (χ2v) is 4.07. The lowest BCUT2D eigenvalue weighted by molar-refractivity contribution is 0.0752. The van der Waals surface area contributed by atoms with E-state index >= 15 is 0 Å². The van der Waals surface area contributed by atoms with Crippen LogP contribution in [0.5, 0.6) is 0 Å². The van der Waals surface area contributed by atoms with Crippen LogP contribution in [0.4, 0.5) is 8.78 Å². The molecule has 0 saturated carbocycles. The van der Waals surface area contributed by atoms with Crippen molar-refractivity contribution in [1.82, 2.24) is 9.88 Å². The molecule has 4 heteroatoms. The summed E-state index contributed by atoms with van der Waals surface area (Å²) in [4.78, 5) is 0. The molecule has 0 spiro atoms. The van der Waals surface area contributed by atoms with Gasteiger partial charge in [0.1, 0.15) is 0 Å². The normalized spacial score (nSPS) is 11.5. The molecule has 0 atom stereocenters. The van der Waals surface area contributed by atoms with Crippen LogP contribution in [-0.4, -0.2) is 11.1 Å². The van der Waals surface area contributed by atoms with Crippen molar-refractivity contribution in [3.05, 3.63) is 36.0 Å². The third-order valence-corrected chi connectivity index (χ3v) is 2.75. The lowest BCUT2D eigenvalue weighted by Gasteiger charge is -2.05. The number of rotatable bonds is 5. The Bertz CT molecular complexity index is 491. The number of fused-ring (bicyclic) bond motifs is 1. The van der Waals surface area contributed by atoms with Crippen molar-refractivity contribution in [3.63, 3.8) is 0 Å². The summed E-state index contributed by atoms with van der Waals surface area (Å²) in [5.74, 6) is 0. The van der Waals surface area contributed by atoms with E-state index in [1.807, 2.05) is 12.1 Å². The fourth-order valence-corrected chi connectivity index (χ4v) is 1.90. The molecule has 17 heavy (non-hydrogen) atoms. The van der Waals surface area contributed by atoms with Crippen molar-refractivity contribution in [3.8, 4) is 0 Å². The summed E-state index contributed by atoms with van der Waals surface area (Å²) >= 11 is 0. The fraction of sp³-hybridized carbons (Fsp3) is 0.385. The molecule has 0 aliphatic carbocycles. The van der Waals surface area contributed by atoms with Gasteiger partial charge in [-0.2, -0.15) is 8.78 Å². The molecule has 0 saturated heterocycles. The topological polar surface area (TPSA) is 17.0 Å². The average molecular weight is 238 g/mol. The highest BCUT2D eigenvalue weighted by molar-refractivity contribution is 5.80. The van der Waals surface area contributed by atoms with Gasteiger partial charge >= 0.3 is 6.55 Å². The SMILES string of the molecule is CCCNCc1ccc2c(ccn2C(F)F)c1. The van der Waals surface area contributed by atoms with Gasteiger partial charge in [-0.3, -0.25) is 4.57 Å². The second-order valence-electron chi connectivity index (χ2n) is 4.07. The molecule has 1 aromatic heterocycles. The van der Waals surface area contributed by atoms with Crippen molar-refractivity contribution in [2.24, 2.45) is 0 Å². The van der Waals surface area contributed by atoms with E-state index in [1.54, 1.807) is 12.1 Å². The van der Waals surface area contributed by atoms with E-state index in [4.69, 9.17) is 0 Å². The highest BCUT2D eigenvalue weighted by Crippen LogP contribution is 2.22. The number of hydrogen-bond donors (Lipinski definition) is 1. The molecule has 0 fully saturated rings. The number of halogens is 2. The van der Waals surface area contributed by atoms with Crippen molar-refractivity contribution >= 4 is 10.9 Å². The van der Waals surface area contributed by atoms with E-state index in [0.717, 1.165) is 35.0 Å². The maximum Gasteiger partial charge on any atom is 0.319 e. The molecule has 0 aliphatic heterocycles. The first-order valence-electron chi connectivity index (χ1n) is 5.80. The Morgan fingerprint density at radius 3 is 2.82 bits per heavy atom. The Morgan fingerprint density at radius 1 is 1.29 bits per heavy atom. The lowest BCUT2D eigenvalue weighted by atomic mass is 10.1. The molecule has 1 aromatic carbocycles. The second kappa shape index (κ2) is 5.27. The maximum absolute atomic E-state index is 12.6. The van der Waals surface area contributed by atoms with Crippen LogP contribution < -0.4 is 5.32 Å². The van der Waals surface area contributed by atoms with Crippen molar-refractivity contribution in [2.75, 3.05) is 6.54 Å². The molecule has 92 valence electrons. The zero-order chi connectivity index (χ0) is 12.3. The van der Waals surface area contributed by atoms with Crippen LogP contribution in [0.15, 0.2) is 30.5 Å². The predicted octanol–water partition coefficient (Wildman–Crippen LogP) is 3.54. The number of alkyl halides is 2. The molecular weight excluding hydrogens is 222 g/mol. The zero-order valence-electron chi connectivity index (χ0n) is 9.79. The molecule has 0 bridgehead atoms. The quantitative estimate of drug-likeness (QED) is 0.788. The van der Waals surface area contributed by atoms with E-state index in [1.165, 1.54) is 6.20 Å². The third kappa shape index (κ3) is 2.64. The monoisotopic (exact) mass is 238 g/mol. The van der Waals surface area contributed by atoms with Crippen LogP contribution in [-0.2, 0) is 6.54 Å². The molecule has 0 amide bonds. The Hall–Kier alpha value is -1.42. The molecule has 1 heterocycles. The van der Waals surface area contributed by atoms with Crippen molar-refractivity contribution in [1.29, 1.82) is 0 Å². The van der Waals surface area contributed by atoms with Gasteiger partial charge in [-0.25, -0.2) is 0 Å². The number of aromatic nitrogens is 1. The summed E-state index contributed by atoms with van der Waals surface area (Å²) in [5, 5.41) is 4.15. The molecule has 1 N–H and O–H groups in total. The lowest BCUT2D eigenvalue weighted by Crippen LogP contribution is -2.13. The van der Waals surface area contributed by atoms with Gasteiger partial charge in [-0.15, -0.1) is 0 Å². The molecule has 0 unspecified atom stereocenters. The summed E-state index contributed by atoms with van der Waals surface area (Å²) in [6, 6.07) is 7.33. The summed E-state index contributed by atoms with van der Waals surface area (Å²) in [6.07, 6.45) is 2.52. The summed E-state index contributed by atoms with van der Waals surface area (Å²) in [6.45, 7) is 1.38. The number of nitrogens with zero attached hydrogens (tertiary/aromatic N) is 1. The Morgan fingerprint density at radius 2 is 2.12 bits per heavy atom. The van der Waals surface area contributed by atoms with Crippen LogP contribution in [0, 0.1) is 0 Å². The number of hydrogen-bond acceptors (Lipinski definition) is 1.